The Morgan fingerprint density at radius 1 is 1.22 bits per heavy atom. The largest absolute Gasteiger partial charge is 0.454 e. The maximum absolute atomic E-state index is 12.4. The predicted molar refractivity (Wildman–Crippen MR) is 56.4 cm³/mol. The SMILES string of the molecule is O=c1ncc(Oc2cccc(C(F)(F)F)c2)c[nH]1. The number of rotatable bonds is 2. The lowest BCUT2D eigenvalue weighted by Crippen LogP contribution is -2.08. The fourth-order valence-electron chi connectivity index (χ4n) is 1.26. The van der Waals surface area contributed by atoms with Crippen molar-refractivity contribution in [2.24, 2.45) is 0 Å². The molecular formula is C11H7F3N2O2. The summed E-state index contributed by atoms with van der Waals surface area (Å²) in [5.41, 5.74) is -1.37. The van der Waals surface area contributed by atoms with E-state index in [9.17, 15) is 18.0 Å². The quantitative estimate of drug-likeness (QED) is 0.898. The van der Waals surface area contributed by atoms with Crippen molar-refractivity contribution in [2.75, 3.05) is 0 Å². The van der Waals surface area contributed by atoms with E-state index in [0.717, 1.165) is 18.3 Å². The second-order valence-corrected chi connectivity index (χ2v) is 3.38. The zero-order chi connectivity index (χ0) is 13.2. The van der Waals surface area contributed by atoms with E-state index in [4.69, 9.17) is 4.74 Å². The van der Waals surface area contributed by atoms with Gasteiger partial charge in [0.05, 0.1) is 18.0 Å². The van der Waals surface area contributed by atoms with Crippen molar-refractivity contribution in [2.45, 2.75) is 6.18 Å². The van der Waals surface area contributed by atoms with Crippen molar-refractivity contribution in [1.82, 2.24) is 9.97 Å². The molecule has 2 aromatic rings. The zero-order valence-electron chi connectivity index (χ0n) is 8.86. The molecule has 1 aromatic carbocycles. The van der Waals surface area contributed by atoms with Crippen LogP contribution in [0.1, 0.15) is 5.56 Å². The monoisotopic (exact) mass is 256 g/mol. The molecule has 0 aliphatic rings. The number of halogens is 3. The van der Waals surface area contributed by atoms with Crippen LogP contribution in [0.5, 0.6) is 11.5 Å². The molecule has 2 rings (SSSR count). The van der Waals surface area contributed by atoms with E-state index in [1.807, 2.05) is 0 Å². The zero-order valence-corrected chi connectivity index (χ0v) is 8.86. The highest BCUT2D eigenvalue weighted by molar-refractivity contribution is 5.33. The lowest BCUT2D eigenvalue weighted by atomic mass is 10.2. The molecule has 0 bridgehead atoms. The van der Waals surface area contributed by atoms with Gasteiger partial charge >= 0.3 is 11.9 Å². The molecule has 0 saturated heterocycles. The molecule has 0 fully saturated rings. The summed E-state index contributed by atoms with van der Waals surface area (Å²) in [6.07, 6.45) is -2.09. The van der Waals surface area contributed by atoms with Crippen molar-refractivity contribution in [3.8, 4) is 11.5 Å². The van der Waals surface area contributed by atoms with Crippen molar-refractivity contribution < 1.29 is 17.9 Å². The summed E-state index contributed by atoms with van der Waals surface area (Å²) in [4.78, 5) is 16.3. The average Bonchev–Trinajstić information content (AvgIpc) is 2.31. The van der Waals surface area contributed by atoms with Crippen LogP contribution < -0.4 is 10.4 Å². The molecule has 0 saturated carbocycles. The van der Waals surface area contributed by atoms with Crippen LogP contribution in [0.2, 0.25) is 0 Å². The van der Waals surface area contributed by atoms with Gasteiger partial charge in [0.2, 0.25) is 0 Å². The minimum absolute atomic E-state index is 0.0127. The number of hydrogen-bond donors (Lipinski definition) is 1. The lowest BCUT2D eigenvalue weighted by molar-refractivity contribution is -0.137. The molecule has 18 heavy (non-hydrogen) atoms. The Bertz CT molecular complexity index is 587. The van der Waals surface area contributed by atoms with E-state index < -0.39 is 17.4 Å². The smallest absolute Gasteiger partial charge is 0.416 e. The molecular weight excluding hydrogens is 249 g/mol. The molecule has 1 heterocycles. The molecule has 4 nitrogen and oxygen atoms in total. The third-order valence-corrected chi connectivity index (χ3v) is 2.04. The van der Waals surface area contributed by atoms with E-state index >= 15 is 0 Å². The second-order valence-electron chi connectivity index (χ2n) is 3.38. The van der Waals surface area contributed by atoms with E-state index in [0.29, 0.717) is 0 Å². The summed E-state index contributed by atoms with van der Waals surface area (Å²) < 4.78 is 42.5. The van der Waals surface area contributed by atoms with Gasteiger partial charge in [-0.25, -0.2) is 4.79 Å². The Kier molecular flexibility index (Phi) is 3.05. The number of aromatic nitrogens is 2. The van der Waals surface area contributed by atoms with Crippen molar-refractivity contribution in [3.05, 3.63) is 52.7 Å². The number of nitrogens with zero attached hydrogens (tertiary/aromatic N) is 1. The Morgan fingerprint density at radius 3 is 2.61 bits per heavy atom. The van der Waals surface area contributed by atoms with Gasteiger partial charge in [0.1, 0.15) is 5.75 Å². The maximum atomic E-state index is 12.4. The summed E-state index contributed by atoms with van der Waals surface area (Å²) in [7, 11) is 0. The van der Waals surface area contributed by atoms with E-state index in [1.54, 1.807) is 0 Å². The van der Waals surface area contributed by atoms with E-state index in [2.05, 4.69) is 9.97 Å². The Labute approximate surface area is 99.1 Å². The molecule has 94 valence electrons. The molecule has 0 aliphatic carbocycles. The Hall–Kier alpha value is -2.31. The highest BCUT2D eigenvalue weighted by Crippen LogP contribution is 2.32. The van der Waals surface area contributed by atoms with Gasteiger partial charge in [-0.05, 0) is 18.2 Å². The van der Waals surface area contributed by atoms with Gasteiger partial charge < -0.3 is 9.72 Å². The normalized spacial score (nSPS) is 11.3. The topological polar surface area (TPSA) is 55.0 Å². The molecule has 7 heteroatoms. The van der Waals surface area contributed by atoms with Gasteiger partial charge in [-0.1, -0.05) is 6.07 Å². The van der Waals surface area contributed by atoms with E-state index in [1.165, 1.54) is 18.3 Å². The Morgan fingerprint density at radius 2 is 2.00 bits per heavy atom. The number of benzene rings is 1. The van der Waals surface area contributed by atoms with Crippen LogP contribution in [0, 0.1) is 0 Å². The highest BCUT2D eigenvalue weighted by Gasteiger charge is 2.30. The molecule has 1 N–H and O–H groups in total. The minimum atomic E-state index is -4.43. The van der Waals surface area contributed by atoms with Crippen LogP contribution in [0.4, 0.5) is 13.2 Å². The second kappa shape index (κ2) is 4.52. The fourth-order valence-corrected chi connectivity index (χ4v) is 1.26. The first-order valence-corrected chi connectivity index (χ1v) is 4.85. The fraction of sp³-hybridized carbons (Fsp3) is 0.0909. The number of hydrogen-bond acceptors (Lipinski definition) is 3. The molecule has 0 amide bonds. The summed E-state index contributed by atoms with van der Waals surface area (Å²) in [6, 6.07) is 4.42. The minimum Gasteiger partial charge on any atom is -0.454 e. The number of nitrogens with one attached hydrogen (secondary N) is 1. The van der Waals surface area contributed by atoms with Crippen LogP contribution in [0.25, 0.3) is 0 Å². The number of H-pyrrole nitrogens is 1. The Balaban J connectivity index is 2.24. The van der Waals surface area contributed by atoms with Gasteiger partial charge in [-0.2, -0.15) is 18.2 Å². The number of aromatic amines is 1. The molecule has 0 spiro atoms. The van der Waals surface area contributed by atoms with Gasteiger partial charge in [0, 0.05) is 0 Å². The van der Waals surface area contributed by atoms with Gasteiger partial charge in [-0.15, -0.1) is 0 Å². The average molecular weight is 256 g/mol. The van der Waals surface area contributed by atoms with Gasteiger partial charge in [-0.3, -0.25) is 0 Å². The van der Waals surface area contributed by atoms with Crippen molar-refractivity contribution in [3.63, 3.8) is 0 Å². The lowest BCUT2D eigenvalue weighted by Gasteiger charge is -2.09. The van der Waals surface area contributed by atoms with Crippen LogP contribution in [0.15, 0.2) is 41.5 Å². The predicted octanol–water partition coefficient (Wildman–Crippen LogP) is 2.58. The first-order valence-electron chi connectivity index (χ1n) is 4.85. The number of alkyl halides is 3. The summed E-state index contributed by atoms with van der Waals surface area (Å²) in [5.74, 6) is 0.160. The first-order chi connectivity index (χ1) is 8.45. The molecule has 0 aliphatic heterocycles. The molecule has 1 aromatic heterocycles. The van der Waals surface area contributed by atoms with Crippen molar-refractivity contribution >= 4 is 0 Å². The van der Waals surface area contributed by atoms with Crippen LogP contribution in [-0.2, 0) is 6.18 Å². The highest BCUT2D eigenvalue weighted by atomic mass is 19.4. The summed E-state index contributed by atoms with van der Waals surface area (Å²) in [5, 5.41) is 0. The summed E-state index contributed by atoms with van der Waals surface area (Å²) >= 11 is 0. The van der Waals surface area contributed by atoms with E-state index in [-0.39, 0.29) is 11.5 Å². The summed E-state index contributed by atoms with van der Waals surface area (Å²) in [6.45, 7) is 0. The first kappa shape index (κ1) is 12.2. The third-order valence-electron chi connectivity index (χ3n) is 2.04. The third kappa shape index (κ3) is 2.88. The molecule has 0 atom stereocenters. The molecule has 0 radical (unpaired) electrons. The number of ether oxygens (including phenoxy) is 1. The molecule has 0 unspecified atom stereocenters. The van der Waals surface area contributed by atoms with Gasteiger partial charge in [0.15, 0.2) is 5.75 Å². The standard InChI is InChI=1S/C11H7F3N2O2/c12-11(13,14)7-2-1-3-8(4-7)18-9-5-15-10(17)16-6-9/h1-6H,(H,15,16,17). The van der Waals surface area contributed by atoms with Crippen LogP contribution in [0.3, 0.4) is 0 Å². The van der Waals surface area contributed by atoms with Gasteiger partial charge in [0.25, 0.3) is 0 Å². The maximum Gasteiger partial charge on any atom is 0.416 e. The van der Waals surface area contributed by atoms with Crippen LogP contribution >= 0.6 is 0 Å². The van der Waals surface area contributed by atoms with Crippen LogP contribution in [-0.4, -0.2) is 9.97 Å². The van der Waals surface area contributed by atoms with Crippen molar-refractivity contribution in [1.29, 1.82) is 0 Å².